The Morgan fingerprint density at radius 2 is 2.50 bits per heavy atom. The Kier molecular flexibility index (Phi) is 3.64. The first-order valence-corrected chi connectivity index (χ1v) is 4.54. The van der Waals surface area contributed by atoms with Gasteiger partial charge in [0.1, 0.15) is 6.26 Å². The molecule has 1 unspecified atom stereocenters. The van der Waals surface area contributed by atoms with Crippen LogP contribution in [-0.4, -0.2) is 24.0 Å². The molecule has 0 aliphatic rings. The van der Waals surface area contributed by atoms with Gasteiger partial charge in [-0.05, 0) is 19.4 Å². The first-order chi connectivity index (χ1) is 6.63. The SMILES string of the molecule is Cc1coc(C(=O)NCC(C)CN)n1. The van der Waals surface area contributed by atoms with Crippen molar-refractivity contribution in [2.75, 3.05) is 13.1 Å². The highest BCUT2D eigenvalue weighted by molar-refractivity contribution is 5.89. The highest BCUT2D eigenvalue weighted by Crippen LogP contribution is 2.00. The van der Waals surface area contributed by atoms with Crippen LogP contribution in [0.15, 0.2) is 10.7 Å². The number of nitrogens with zero attached hydrogens (tertiary/aromatic N) is 1. The van der Waals surface area contributed by atoms with E-state index in [0.29, 0.717) is 18.8 Å². The summed E-state index contributed by atoms with van der Waals surface area (Å²) in [7, 11) is 0. The maximum absolute atomic E-state index is 11.4. The van der Waals surface area contributed by atoms with E-state index < -0.39 is 0 Å². The Morgan fingerprint density at radius 1 is 1.79 bits per heavy atom. The van der Waals surface area contributed by atoms with Crippen molar-refractivity contribution in [1.82, 2.24) is 10.3 Å². The van der Waals surface area contributed by atoms with Gasteiger partial charge in [0.05, 0.1) is 5.69 Å². The van der Waals surface area contributed by atoms with E-state index in [1.54, 1.807) is 6.92 Å². The molecule has 78 valence electrons. The summed E-state index contributed by atoms with van der Waals surface area (Å²) in [6, 6.07) is 0. The van der Waals surface area contributed by atoms with Gasteiger partial charge in [0.15, 0.2) is 0 Å². The van der Waals surface area contributed by atoms with Crippen LogP contribution < -0.4 is 11.1 Å². The lowest BCUT2D eigenvalue weighted by molar-refractivity contribution is 0.0914. The minimum Gasteiger partial charge on any atom is -0.441 e. The van der Waals surface area contributed by atoms with Crippen LogP contribution in [0.3, 0.4) is 0 Å². The predicted molar refractivity (Wildman–Crippen MR) is 51.8 cm³/mol. The third kappa shape index (κ3) is 2.85. The molecule has 1 aromatic heterocycles. The zero-order valence-electron chi connectivity index (χ0n) is 8.41. The molecule has 0 aliphatic carbocycles. The number of carbonyl (C=O) groups excluding carboxylic acids is 1. The van der Waals surface area contributed by atoms with Crippen molar-refractivity contribution in [3.8, 4) is 0 Å². The van der Waals surface area contributed by atoms with Crippen LogP contribution in [0.4, 0.5) is 0 Å². The van der Waals surface area contributed by atoms with Crippen LogP contribution in [0.1, 0.15) is 23.3 Å². The van der Waals surface area contributed by atoms with Crippen LogP contribution in [0.25, 0.3) is 0 Å². The molecular formula is C9H15N3O2. The van der Waals surface area contributed by atoms with Crippen molar-refractivity contribution in [3.63, 3.8) is 0 Å². The summed E-state index contributed by atoms with van der Waals surface area (Å²) < 4.78 is 4.94. The smallest absolute Gasteiger partial charge is 0.307 e. The number of rotatable bonds is 4. The molecule has 0 aliphatic heterocycles. The number of oxazole rings is 1. The van der Waals surface area contributed by atoms with Gasteiger partial charge in [-0.25, -0.2) is 4.98 Å². The lowest BCUT2D eigenvalue weighted by Gasteiger charge is -2.07. The lowest BCUT2D eigenvalue weighted by Crippen LogP contribution is -2.31. The number of aryl methyl sites for hydroxylation is 1. The van der Waals surface area contributed by atoms with Crippen molar-refractivity contribution in [2.24, 2.45) is 11.7 Å². The molecule has 0 aromatic carbocycles. The largest absolute Gasteiger partial charge is 0.441 e. The zero-order chi connectivity index (χ0) is 10.6. The monoisotopic (exact) mass is 197 g/mol. The Morgan fingerprint density at radius 3 is 3.00 bits per heavy atom. The molecular weight excluding hydrogens is 182 g/mol. The van der Waals surface area contributed by atoms with E-state index in [1.165, 1.54) is 6.26 Å². The number of hydrogen-bond acceptors (Lipinski definition) is 4. The Bertz CT molecular complexity index is 309. The van der Waals surface area contributed by atoms with E-state index in [-0.39, 0.29) is 17.7 Å². The number of nitrogens with one attached hydrogen (secondary N) is 1. The third-order valence-electron chi connectivity index (χ3n) is 1.83. The summed E-state index contributed by atoms with van der Waals surface area (Å²) in [5.41, 5.74) is 6.11. The van der Waals surface area contributed by atoms with Crippen molar-refractivity contribution in [1.29, 1.82) is 0 Å². The van der Waals surface area contributed by atoms with Crippen LogP contribution >= 0.6 is 0 Å². The quantitative estimate of drug-likeness (QED) is 0.727. The fourth-order valence-corrected chi connectivity index (χ4v) is 0.884. The maximum Gasteiger partial charge on any atom is 0.307 e. The number of hydrogen-bond donors (Lipinski definition) is 2. The molecule has 3 N–H and O–H groups in total. The minimum absolute atomic E-state index is 0.103. The number of aromatic nitrogens is 1. The Balaban J connectivity index is 2.43. The number of nitrogens with two attached hydrogens (primary N) is 1. The van der Waals surface area contributed by atoms with E-state index in [1.807, 2.05) is 6.92 Å². The maximum atomic E-state index is 11.4. The molecule has 5 heteroatoms. The van der Waals surface area contributed by atoms with Gasteiger partial charge in [0, 0.05) is 6.54 Å². The van der Waals surface area contributed by atoms with Gasteiger partial charge < -0.3 is 15.5 Å². The average molecular weight is 197 g/mol. The van der Waals surface area contributed by atoms with Crippen molar-refractivity contribution < 1.29 is 9.21 Å². The number of amides is 1. The van der Waals surface area contributed by atoms with Crippen LogP contribution in [-0.2, 0) is 0 Å². The van der Waals surface area contributed by atoms with Crippen molar-refractivity contribution in [3.05, 3.63) is 17.8 Å². The molecule has 0 bridgehead atoms. The van der Waals surface area contributed by atoms with Gasteiger partial charge in [-0.2, -0.15) is 0 Å². The van der Waals surface area contributed by atoms with Crippen LogP contribution in [0.5, 0.6) is 0 Å². The second kappa shape index (κ2) is 4.76. The van der Waals surface area contributed by atoms with Crippen LogP contribution in [0.2, 0.25) is 0 Å². The molecule has 0 radical (unpaired) electrons. The molecule has 1 amide bonds. The zero-order valence-corrected chi connectivity index (χ0v) is 8.41. The van der Waals surface area contributed by atoms with Gasteiger partial charge >= 0.3 is 5.91 Å². The average Bonchev–Trinajstić information content (AvgIpc) is 2.60. The molecule has 0 saturated heterocycles. The lowest BCUT2D eigenvalue weighted by atomic mass is 10.2. The summed E-state index contributed by atoms with van der Waals surface area (Å²) in [5, 5.41) is 2.69. The molecule has 14 heavy (non-hydrogen) atoms. The minimum atomic E-state index is -0.293. The van der Waals surface area contributed by atoms with Gasteiger partial charge in [0.2, 0.25) is 0 Å². The highest BCUT2D eigenvalue weighted by atomic mass is 16.4. The molecule has 1 rings (SSSR count). The van der Waals surface area contributed by atoms with E-state index in [4.69, 9.17) is 10.2 Å². The fraction of sp³-hybridized carbons (Fsp3) is 0.556. The topological polar surface area (TPSA) is 81.2 Å². The second-order valence-electron chi connectivity index (χ2n) is 3.34. The summed E-state index contributed by atoms with van der Waals surface area (Å²) in [6.45, 7) is 4.81. The van der Waals surface area contributed by atoms with Crippen molar-refractivity contribution >= 4 is 5.91 Å². The molecule has 0 saturated carbocycles. The molecule has 1 aromatic rings. The first-order valence-electron chi connectivity index (χ1n) is 4.54. The van der Waals surface area contributed by atoms with E-state index in [0.717, 1.165) is 0 Å². The third-order valence-corrected chi connectivity index (χ3v) is 1.83. The van der Waals surface area contributed by atoms with E-state index in [2.05, 4.69) is 10.3 Å². The second-order valence-corrected chi connectivity index (χ2v) is 3.34. The van der Waals surface area contributed by atoms with Gasteiger partial charge in [-0.15, -0.1) is 0 Å². The Hall–Kier alpha value is -1.36. The predicted octanol–water partition coefficient (Wildman–Crippen LogP) is 0.308. The summed E-state index contributed by atoms with van der Waals surface area (Å²) in [4.78, 5) is 15.3. The van der Waals surface area contributed by atoms with Gasteiger partial charge in [-0.3, -0.25) is 4.79 Å². The first kappa shape index (κ1) is 10.7. The molecule has 1 atom stereocenters. The van der Waals surface area contributed by atoms with E-state index in [9.17, 15) is 4.79 Å². The standard InChI is InChI=1S/C9H15N3O2/c1-6(3-10)4-11-8(13)9-12-7(2)5-14-9/h5-6H,3-4,10H2,1-2H3,(H,11,13). The fourth-order valence-electron chi connectivity index (χ4n) is 0.884. The number of carbonyl (C=O) groups is 1. The van der Waals surface area contributed by atoms with E-state index >= 15 is 0 Å². The molecule has 0 fully saturated rings. The van der Waals surface area contributed by atoms with Crippen LogP contribution in [0, 0.1) is 12.8 Å². The molecule has 0 spiro atoms. The molecule has 5 nitrogen and oxygen atoms in total. The molecule has 1 heterocycles. The Labute approximate surface area is 82.7 Å². The van der Waals surface area contributed by atoms with Gasteiger partial charge in [-0.1, -0.05) is 6.92 Å². The summed E-state index contributed by atoms with van der Waals surface area (Å²) in [5.74, 6) is 0.0696. The van der Waals surface area contributed by atoms with Crippen molar-refractivity contribution in [2.45, 2.75) is 13.8 Å². The summed E-state index contributed by atoms with van der Waals surface area (Å²) in [6.07, 6.45) is 1.45. The normalized spacial score (nSPS) is 12.5. The van der Waals surface area contributed by atoms with Gasteiger partial charge in [0.25, 0.3) is 5.89 Å². The highest BCUT2D eigenvalue weighted by Gasteiger charge is 2.11. The summed E-state index contributed by atoms with van der Waals surface area (Å²) >= 11 is 0.